The normalized spacial score (nSPS) is 13.4. The number of anilines is 1. The number of carbonyl (C=O) groups is 2. The van der Waals surface area contributed by atoms with Crippen LogP contribution >= 0.6 is 0 Å². The smallest absolute Gasteiger partial charge is 0.278 e. The number of amides is 2. The minimum Gasteiger partial charge on any atom is -0.494 e. The highest BCUT2D eigenvalue weighted by Crippen LogP contribution is 2.34. The number of imide groups is 1. The quantitative estimate of drug-likeness (QED) is 0.446. The van der Waals surface area contributed by atoms with Gasteiger partial charge in [0.2, 0.25) is 0 Å². The molecule has 1 aromatic heterocycles. The van der Waals surface area contributed by atoms with Crippen molar-refractivity contribution in [1.29, 1.82) is 0 Å². The Hall–Kier alpha value is -4.13. The first kappa shape index (κ1) is 23.0. The number of benzene rings is 2. The summed E-state index contributed by atoms with van der Waals surface area (Å²) >= 11 is 0. The van der Waals surface area contributed by atoms with Crippen molar-refractivity contribution in [3.63, 3.8) is 0 Å². The minimum absolute atomic E-state index is 0.152. The molecule has 0 aliphatic carbocycles. The van der Waals surface area contributed by atoms with E-state index in [1.54, 1.807) is 36.7 Å². The van der Waals surface area contributed by atoms with Crippen molar-refractivity contribution in [2.45, 2.75) is 26.8 Å². The first-order valence-electron chi connectivity index (χ1n) is 11.3. The van der Waals surface area contributed by atoms with Gasteiger partial charge in [0, 0.05) is 12.4 Å². The highest BCUT2D eigenvalue weighted by atomic mass is 16.5. The first-order valence-corrected chi connectivity index (χ1v) is 11.3. The Kier molecular flexibility index (Phi) is 7.22. The lowest BCUT2D eigenvalue weighted by Gasteiger charge is -2.16. The third-order valence-electron chi connectivity index (χ3n) is 5.32. The molecule has 2 amide bonds. The number of hydrogen-bond donors (Lipinski definition) is 1. The van der Waals surface area contributed by atoms with Gasteiger partial charge in [0.15, 0.2) is 0 Å². The Morgan fingerprint density at radius 3 is 2.32 bits per heavy atom. The molecule has 0 spiro atoms. The molecule has 0 saturated carbocycles. The molecule has 0 unspecified atom stereocenters. The van der Waals surface area contributed by atoms with Crippen LogP contribution in [0.4, 0.5) is 5.69 Å². The van der Waals surface area contributed by atoms with Gasteiger partial charge in [0.25, 0.3) is 11.8 Å². The second kappa shape index (κ2) is 10.7. The molecule has 0 saturated heterocycles. The van der Waals surface area contributed by atoms with E-state index in [1.807, 2.05) is 50.2 Å². The molecule has 0 atom stereocenters. The van der Waals surface area contributed by atoms with E-state index in [1.165, 1.54) is 4.90 Å². The van der Waals surface area contributed by atoms with Gasteiger partial charge in [-0.15, -0.1) is 0 Å². The van der Waals surface area contributed by atoms with E-state index in [9.17, 15) is 9.59 Å². The van der Waals surface area contributed by atoms with Crippen LogP contribution in [0.5, 0.6) is 11.5 Å². The average molecular weight is 458 g/mol. The van der Waals surface area contributed by atoms with E-state index in [4.69, 9.17) is 9.47 Å². The summed E-state index contributed by atoms with van der Waals surface area (Å²) in [7, 11) is 0. The Labute approximate surface area is 199 Å². The van der Waals surface area contributed by atoms with Gasteiger partial charge in [-0.25, -0.2) is 0 Å². The second-order valence-corrected chi connectivity index (χ2v) is 7.73. The van der Waals surface area contributed by atoms with Gasteiger partial charge in [-0.3, -0.25) is 19.5 Å². The zero-order valence-electron chi connectivity index (χ0n) is 19.3. The second-order valence-electron chi connectivity index (χ2n) is 7.73. The molecule has 4 rings (SSSR count). The van der Waals surface area contributed by atoms with Gasteiger partial charge >= 0.3 is 0 Å². The third-order valence-corrected chi connectivity index (χ3v) is 5.32. The molecule has 2 aromatic carbocycles. The zero-order chi connectivity index (χ0) is 23.9. The van der Waals surface area contributed by atoms with Crippen LogP contribution in [-0.2, 0) is 16.1 Å². The predicted octanol–water partition coefficient (Wildman–Crippen LogP) is 4.66. The molecule has 1 aliphatic rings. The molecule has 7 nitrogen and oxygen atoms in total. The third kappa shape index (κ3) is 4.93. The van der Waals surface area contributed by atoms with Crippen LogP contribution < -0.4 is 14.8 Å². The number of hydrogen-bond acceptors (Lipinski definition) is 6. The van der Waals surface area contributed by atoms with E-state index in [0.29, 0.717) is 41.5 Å². The molecule has 174 valence electrons. The van der Waals surface area contributed by atoms with E-state index in [-0.39, 0.29) is 18.1 Å². The standard InChI is InChI=1S/C27H27N3O4/c1-3-17-34-21-11-9-20(10-12-21)24-25(29-22-7-5-6-8-23(22)33-4-2)27(32)30(26(24)31)18-19-13-15-28-16-14-19/h5-16,29H,3-4,17-18H2,1-2H3. The molecule has 0 fully saturated rings. The molecular formula is C27H27N3O4. The molecule has 34 heavy (non-hydrogen) atoms. The van der Waals surface area contributed by atoms with Crippen LogP contribution in [-0.4, -0.2) is 34.9 Å². The van der Waals surface area contributed by atoms with Crippen molar-refractivity contribution in [3.05, 3.63) is 89.9 Å². The maximum absolute atomic E-state index is 13.5. The topological polar surface area (TPSA) is 80.8 Å². The van der Waals surface area contributed by atoms with Gasteiger partial charge in [-0.2, -0.15) is 0 Å². The number of nitrogens with one attached hydrogen (secondary N) is 1. The summed E-state index contributed by atoms with van der Waals surface area (Å²) in [5.41, 5.74) is 2.60. The van der Waals surface area contributed by atoms with Gasteiger partial charge in [-0.05, 0) is 60.9 Å². The zero-order valence-corrected chi connectivity index (χ0v) is 19.3. The Bertz CT molecular complexity index is 1190. The molecule has 7 heteroatoms. The number of para-hydroxylation sites is 2. The maximum atomic E-state index is 13.5. The van der Waals surface area contributed by atoms with E-state index in [0.717, 1.165) is 12.0 Å². The maximum Gasteiger partial charge on any atom is 0.278 e. The van der Waals surface area contributed by atoms with E-state index >= 15 is 0 Å². The fourth-order valence-corrected chi connectivity index (χ4v) is 3.70. The fourth-order valence-electron chi connectivity index (χ4n) is 3.70. The summed E-state index contributed by atoms with van der Waals surface area (Å²) in [5, 5.41) is 3.19. The van der Waals surface area contributed by atoms with E-state index < -0.39 is 5.91 Å². The van der Waals surface area contributed by atoms with Gasteiger partial charge in [0.1, 0.15) is 17.2 Å². The lowest BCUT2D eigenvalue weighted by Crippen LogP contribution is -2.32. The molecule has 3 aromatic rings. The predicted molar refractivity (Wildman–Crippen MR) is 130 cm³/mol. The molecular weight excluding hydrogens is 430 g/mol. The van der Waals surface area contributed by atoms with Crippen LogP contribution in [0.3, 0.4) is 0 Å². The Morgan fingerprint density at radius 2 is 1.62 bits per heavy atom. The minimum atomic E-state index is -0.394. The first-order chi connectivity index (χ1) is 16.6. The molecule has 2 heterocycles. The van der Waals surface area contributed by atoms with E-state index in [2.05, 4.69) is 10.3 Å². The molecule has 0 radical (unpaired) electrons. The number of carbonyl (C=O) groups excluding carboxylic acids is 2. The van der Waals surface area contributed by atoms with Crippen LogP contribution in [0.2, 0.25) is 0 Å². The highest BCUT2D eigenvalue weighted by Gasteiger charge is 2.39. The number of nitrogens with zero attached hydrogens (tertiary/aromatic N) is 2. The Balaban J connectivity index is 1.72. The van der Waals surface area contributed by atoms with Crippen LogP contribution in [0.1, 0.15) is 31.4 Å². The van der Waals surface area contributed by atoms with Gasteiger partial charge < -0.3 is 14.8 Å². The van der Waals surface area contributed by atoms with Gasteiger partial charge in [-0.1, -0.05) is 31.2 Å². The van der Waals surface area contributed by atoms with Crippen molar-refractivity contribution in [2.75, 3.05) is 18.5 Å². The van der Waals surface area contributed by atoms with Crippen molar-refractivity contribution in [2.24, 2.45) is 0 Å². The van der Waals surface area contributed by atoms with Crippen molar-refractivity contribution in [3.8, 4) is 11.5 Å². The largest absolute Gasteiger partial charge is 0.494 e. The fraction of sp³-hybridized carbons (Fsp3) is 0.222. The monoisotopic (exact) mass is 457 g/mol. The summed E-state index contributed by atoms with van der Waals surface area (Å²) in [5.74, 6) is 0.565. The number of aromatic nitrogens is 1. The van der Waals surface area contributed by atoms with Crippen molar-refractivity contribution < 1.29 is 19.1 Å². The summed E-state index contributed by atoms with van der Waals surface area (Å²) in [6, 6.07) is 18.2. The van der Waals surface area contributed by atoms with Crippen LogP contribution in [0.25, 0.3) is 5.57 Å². The lowest BCUT2D eigenvalue weighted by atomic mass is 10.0. The van der Waals surface area contributed by atoms with Crippen LogP contribution in [0, 0.1) is 0 Å². The lowest BCUT2D eigenvalue weighted by molar-refractivity contribution is -0.137. The number of rotatable bonds is 10. The molecule has 0 bridgehead atoms. The van der Waals surface area contributed by atoms with Crippen molar-refractivity contribution in [1.82, 2.24) is 9.88 Å². The number of pyridine rings is 1. The summed E-state index contributed by atoms with van der Waals surface area (Å²) < 4.78 is 11.4. The number of ether oxygens (including phenoxy) is 2. The highest BCUT2D eigenvalue weighted by molar-refractivity contribution is 6.36. The summed E-state index contributed by atoms with van der Waals surface area (Å²) in [6.45, 7) is 5.17. The van der Waals surface area contributed by atoms with Crippen LogP contribution in [0.15, 0.2) is 78.8 Å². The van der Waals surface area contributed by atoms with Crippen molar-refractivity contribution >= 4 is 23.1 Å². The Morgan fingerprint density at radius 1 is 0.882 bits per heavy atom. The molecule has 1 aliphatic heterocycles. The SMILES string of the molecule is CCCOc1ccc(C2=C(Nc3ccccc3OCC)C(=O)N(Cc3ccncc3)C2=O)cc1. The average Bonchev–Trinajstić information content (AvgIpc) is 3.09. The molecule has 1 N–H and O–H groups in total. The van der Waals surface area contributed by atoms with Gasteiger partial charge in [0.05, 0.1) is 31.0 Å². The summed E-state index contributed by atoms with van der Waals surface area (Å²) in [6.07, 6.45) is 4.18. The summed E-state index contributed by atoms with van der Waals surface area (Å²) in [4.78, 5) is 32.3.